The molecular weight excluding hydrogens is 392 g/mol. The molecule has 0 fully saturated rings. The Kier molecular flexibility index (Phi) is 8.54. The van der Waals surface area contributed by atoms with E-state index in [2.05, 4.69) is 76.5 Å². The SMILES string of the molecule is CC.CC.Cc1ccc2[nH]c3c(c2c1)CCNC3.Cc1ccc2c(c1)cc1n2CCNC1. The Labute approximate surface area is 193 Å². The number of aromatic amines is 1. The summed E-state index contributed by atoms with van der Waals surface area (Å²) in [5, 5.41) is 9.58. The van der Waals surface area contributed by atoms with Crippen LogP contribution in [0.2, 0.25) is 0 Å². The van der Waals surface area contributed by atoms with E-state index in [9.17, 15) is 0 Å². The number of aryl methyl sites for hydroxylation is 2. The lowest BCUT2D eigenvalue weighted by Crippen LogP contribution is -2.27. The molecule has 3 N–H and O–H groups in total. The van der Waals surface area contributed by atoms with Gasteiger partial charge in [-0.25, -0.2) is 0 Å². The topological polar surface area (TPSA) is 44.8 Å². The molecule has 0 bridgehead atoms. The predicted octanol–water partition coefficient (Wildman–Crippen LogP) is 6.23. The van der Waals surface area contributed by atoms with Crippen molar-refractivity contribution in [3.8, 4) is 0 Å². The van der Waals surface area contributed by atoms with Gasteiger partial charge in [0.15, 0.2) is 0 Å². The van der Waals surface area contributed by atoms with Crippen LogP contribution in [0.3, 0.4) is 0 Å². The van der Waals surface area contributed by atoms with Crippen LogP contribution in [0.4, 0.5) is 0 Å². The fourth-order valence-corrected chi connectivity index (χ4v) is 4.55. The molecule has 0 amide bonds. The normalized spacial score (nSPS) is 14.2. The first-order valence-corrected chi connectivity index (χ1v) is 12.3. The molecule has 0 atom stereocenters. The molecule has 0 radical (unpaired) electrons. The zero-order valence-electron chi connectivity index (χ0n) is 20.7. The average Bonchev–Trinajstić information content (AvgIpc) is 3.39. The minimum Gasteiger partial charge on any atom is -0.357 e. The summed E-state index contributed by atoms with van der Waals surface area (Å²) < 4.78 is 2.42. The first-order chi connectivity index (χ1) is 15.7. The van der Waals surface area contributed by atoms with Crippen molar-refractivity contribution in [1.29, 1.82) is 0 Å². The maximum absolute atomic E-state index is 3.48. The molecule has 4 aromatic rings. The van der Waals surface area contributed by atoms with Crippen LogP contribution in [0.25, 0.3) is 21.8 Å². The lowest BCUT2D eigenvalue weighted by atomic mass is 10.0. The van der Waals surface area contributed by atoms with Crippen LogP contribution in [0.1, 0.15) is 55.8 Å². The van der Waals surface area contributed by atoms with Crippen LogP contribution in [0, 0.1) is 13.8 Å². The van der Waals surface area contributed by atoms with Gasteiger partial charge in [-0.1, -0.05) is 51.0 Å². The van der Waals surface area contributed by atoms with Gasteiger partial charge in [-0.3, -0.25) is 0 Å². The minimum absolute atomic E-state index is 0.989. The van der Waals surface area contributed by atoms with Gasteiger partial charge in [0, 0.05) is 59.4 Å². The molecule has 2 aliphatic heterocycles. The van der Waals surface area contributed by atoms with Crippen molar-refractivity contribution >= 4 is 21.8 Å². The van der Waals surface area contributed by atoms with Crippen molar-refractivity contribution in [2.45, 2.75) is 67.6 Å². The second-order valence-electron chi connectivity index (χ2n) is 8.08. The maximum Gasteiger partial charge on any atom is 0.0483 e. The largest absolute Gasteiger partial charge is 0.357 e. The number of hydrogen-bond acceptors (Lipinski definition) is 2. The smallest absolute Gasteiger partial charge is 0.0483 e. The summed E-state index contributed by atoms with van der Waals surface area (Å²) in [6, 6.07) is 15.6. The summed E-state index contributed by atoms with van der Waals surface area (Å²) >= 11 is 0. The molecule has 0 saturated carbocycles. The highest BCUT2D eigenvalue weighted by Crippen LogP contribution is 2.25. The first-order valence-electron chi connectivity index (χ1n) is 12.3. The van der Waals surface area contributed by atoms with E-state index in [1.165, 1.54) is 49.9 Å². The third-order valence-electron chi connectivity index (χ3n) is 5.96. The number of benzene rings is 2. The molecule has 0 unspecified atom stereocenters. The summed E-state index contributed by atoms with van der Waals surface area (Å²) in [6.45, 7) is 17.6. The quantitative estimate of drug-likeness (QED) is 0.308. The van der Waals surface area contributed by atoms with E-state index in [-0.39, 0.29) is 0 Å². The predicted molar refractivity (Wildman–Crippen MR) is 140 cm³/mol. The Morgan fingerprint density at radius 2 is 1.50 bits per heavy atom. The summed E-state index contributed by atoms with van der Waals surface area (Å²) in [6.07, 6.45) is 1.15. The van der Waals surface area contributed by atoms with Crippen molar-refractivity contribution in [2.75, 3.05) is 13.1 Å². The molecule has 6 rings (SSSR count). The molecule has 0 spiro atoms. The lowest BCUT2D eigenvalue weighted by molar-refractivity contribution is 0.527. The number of nitrogens with zero attached hydrogens (tertiary/aromatic N) is 1. The Morgan fingerprint density at radius 3 is 2.31 bits per heavy atom. The third-order valence-corrected chi connectivity index (χ3v) is 5.96. The van der Waals surface area contributed by atoms with Crippen LogP contribution < -0.4 is 10.6 Å². The molecule has 32 heavy (non-hydrogen) atoms. The fourth-order valence-electron chi connectivity index (χ4n) is 4.55. The minimum atomic E-state index is 0.989. The van der Waals surface area contributed by atoms with Gasteiger partial charge < -0.3 is 20.2 Å². The molecule has 172 valence electrons. The standard InChI is InChI=1S/2C12H14N2.2C2H6/c1-9-2-3-12-10(6-9)7-11-8-13-4-5-14(11)12;1-8-2-3-11-10(6-8)9-4-5-13-7-12(9)14-11;2*1-2/h2-3,6-7,13H,4-5,8H2,1H3;2-3,6,13-14H,4-5,7H2,1H3;2*1-2H3. The van der Waals surface area contributed by atoms with Gasteiger partial charge in [-0.2, -0.15) is 0 Å². The fraction of sp³-hybridized carbons (Fsp3) is 0.429. The van der Waals surface area contributed by atoms with Crippen molar-refractivity contribution < 1.29 is 0 Å². The Balaban J connectivity index is 0.000000157. The molecule has 2 aliphatic rings. The highest BCUT2D eigenvalue weighted by molar-refractivity contribution is 5.85. The average molecular weight is 433 g/mol. The molecule has 2 aromatic heterocycles. The Morgan fingerprint density at radius 1 is 0.781 bits per heavy atom. The number of nitrogens with one attached hydrogen (secondary N) is 3. The number of hydrogen-bond donors (Lipinski definition) is 3. The second-order valence-corrected chi connectivity index (χ2v) is 8.08. The van der Waals surface area contributed by atoms with Gasteiger partial charge in [0.2, 0.25) is 0 Å². The maximum atomic E-state index is 3.48. The van der Waals surface area contributed by atoms with E-state index < -0.39 is 0 Å². The number of aromatic nitrogens is 2. The number of rotatable bonds is 0. The van der Waals surface area contributed by atoms with E-state index in [4.69, 9.17) is 0 Å². The van der Waals surface area contributed by atoms with Gasteiger partial charge in [-0.05, 0) is 62.7 Å². The van der Waals surface area contributed by atoms with Crippen molar-refractivity contribution in [3.63, 3.8) is 0 Å². The van der Waals surface area contributed by atoms with Gasteiger partial charge in [0.25, 0.3) is 0 Å². The number of fused-ring (bicyclic) bond motifs is 6. The van der Waals surface area contributed by atoms with Gasteiger partial charge in [-0.15, -0.1) is 0 Å². The molecule has 2 aromatic carbocycles. The summed E-state index contributed by atoms with van der Waals surface area (Å²) in [5.74, 6) is 0. The molecule has 0 aliphatic carbocycles. The Hall–Kier alpha value is -2.56. The summed E-state index contributed by atoms with van der Waals surface area (Å²) in [5.41, 5.74) is 9.65. The van der Waals surface area contributed by atoms with Crippen molar-refractivity contribution in [2.24, 2.45) is 0 Å². The van der Waals surface area contributed by atoms with E-state index in [0.29, 0.717) is 0 Å². The molecule has 4 nitrogen and oxygen atoms in total. The first kappa shape index (κ1) is 24.1. The van der Waals surface area contributed by atoms with E-state index in [1.807, 2.05) is 27.7 Å². The zero-order chi connectivity index (χ0) is 23.1. The van der Waals surface area contributed by atoms with Crippen LogP contribution in [0.5, 0.6) is 0 Å². The molecular formula is C28H40N4. The van der Waals surface area contributed by atoms with E-state index in [0.717, 1.165) is 39.1 Å². The highest BCUT2D eigenvalue weighted by Gasteiger charge is 2.14. The van der Waals surface area contributed by atoms with Crippen LogP contribution in [-0.2, 0) is 26.1 Å². The van der Waals surface area contributed by atoms with E-state index >= 15 is 0 Å². The highest BCUT2D eigenvalue weighted by atomic mass is 15.1. The molecule has 0 saturated heterocycles. The monoisotopic (exact) mass is 432 g/mol. The van der Waals surface area contributed by atoms with Crippen LogP contribution in [0.15, 0.2) is 42.5 Å². The summed E-state index contributed by atoms with van der Waals surface area (Å²) in [4.78, 5) is 3.48. The van der Waals surface area contributed by atoms with Crippen molar-refractivity contribution in [1.82, 2.24) is 20.2 Å². The number of H-pyrrole nitrogens is 1. The lowest BCUT2D eigenvalue weighted by Gasteiger charge is -2.16. The molecule has 4 heteroatoms. The zero-order valence-corrected chi connectivity index (χ0v) is 20.7. The van der Waals surface area contributed by atoms with E-state index in [1.54, 1.807) is 0 Å². The summed E-state index contributed by atoms with van der Waals surface area (Å²) in [7, 11) is 0. The van der Waals surface area contributed by atoms with Gasteiger partial charge in [0.1, 0.15) is 0 Å². The van der Waals surface area contributed by atoms with Crippen LogP contribution >= 0.6 is 0 Å². The second kappa shape index (κ2) is 11.3. The third kappa shape index (κ3) is 5.08. The van der Waals surface area contributed by atoms with Crippen molar-refractivity contribution in [3.05, 3.63) is 70.5 Å². The van der Waals surface area contributed by atoms with Crippen LogP contribution in [-0.4, -0.2) is 22.6 Å². The van der Waals surface area contributed by atoms with Gasteiger partial charge in [0.05, 0.1) is 0 Å². The molecule has 4 heterocycles. The van der Waals surface area contributed by atoms with Gasteiger partial charge >= 0.3 is 0 Å². The Bertz CT molecular complexity index is 1150.